The molecule has 0 unspecified atom stereocenters. The highest BCUT2D eigenvalue weighted by Gasteiger charge is 2.16. The van der Waals surface area contributed by atoms with Crippen molar-refractivity contribution in [1.82, 2.24) is 4.98 Å². The van der Waals surface area contributed by atoms with E-state index in [1.807, 2.05) is 54.6 Å². The Hall–Kier alpha value is -2.61. The van der Waals surface area contributed by atoms with Crippen molar-refractivity contribution in [2.45, 2.75) is 0 Å². The standard InChI is InChI=1S/C17H13NO/c1-2-13-14-10-6-7-11-15(14)18-16(13)17(19)12-8-4-3-5-9-12/h2-11,18H,1H2. The fraction of sp³-hybridized carbons (Fsp3) is 0. The Bertz CT molecular complexity index is 753. The molecule has 1 N–H and O–H groups in total. The van der Waals surface area contributed by atoms with Crippen molar-refractivity contribution in [3.63, 3.8) is 0 Å². The van der Waals surface area contributed by atoms with Crippen LogP contribution < -0.4 is 0 Å². The van der Waals surface area contributed by atoms with Crippen LogP contribution in [0.2, 0.25) is 0 Å². The lowest BCUT2D eigenvalue weighted by Crippen LogP contribution is -2.03. The van der Waals surface area contributed by atoms with E-state index >= 15 is 0 Å². The summed E-state index contributed by atoms with van der Waals surface area (Å²) in [6.07, 6.45) is 1.73. The third-order valence-electron chi connectivity index (χ3n) is 3.21. The number of ketones is 1. The first-order valence-corrected chi connectivity index (χ1v) is 6.14. The van der Waals surface area contributed by atoms with Crippen LogP contribution >= 0.6 is 0 Å². The van der Waals surface area contributed by atoms with Crippen LogP contribution in [0.4, 0.5) is 0 Å². The van der Waals surface area contributed by atoms with E-state index < -0.39 is 0 Å². The quantitative estimate of drug-likeness (QED) is 0.696. The summed E-state index contributed by atoms with van der Waals surface area (Å²) in [7, 11) is 0. The lowest BCUT2D eigenvalue weighted by molar-refractivity contribution is 0.103. The van der Waals surface area contributed by atoms with E-state index in [2.05, 4.69) is 11.6 Å². The number of nitrogens with one attached hydrogen (secondary N) is 1. The molecule has 0 spiro atoms. The maximum Gasteiger partial charge on any atom is 0.209 e. The molecule has 0 aliphatic rings. The van der Waals surface area contributed by atoms with Crippen LogP contribution in [0, 0.1) is 0 Å². The normalized spacial score (nSPS) is 10.5. The van der Waals surface area contributed by atoms with Crippen LogP contribution in [-0.4, -0.2) is 10.8 Å². The summed E-state index contributed by atoms with van der Waals surface area (Å²) < 4.78 is 0. The molecule has 0 saturated heterocycles. The largest absolute Gasteiger partial charge is 0.351 e. The number of para-hydroxylation sites is 1. The van der Waals surface area contributed by atoms with E-state index in [0.29, 0.717) is 11.3 Å². The van der Waals surface area contributed by atoms with Crippen LogP contribution in [0.5, 0.6) is 0 Å². The lowest BCUT2D eigenvalue weighted by Gasteiger charge is -2.00. The van der Waals surface area contributed by atoms with Crippen molar-refractivity contribution in [3.05, 3.63) is 78.0 Å². The van der Waals surface area contributed by atoms with Gasteiger partial charge in [-0.2, -0.15) is 0 Å². The summed E-state index contributed by atoms with van der Waals surface area (Å²) in [4.78, 5) is 15.7. The van der Waals surface area contributed by atoms with Crippen LogP contribution in [0.15, 0.2) is 61.2 Å². The molecule has 1 heterocycles. The van der Waals surface area contributed by atoms with E-state index in [-0.39, 0.29) is 5.78 Å². The van der Waals surface area contributed by atoms with Crippen LogP contribution in [0.25, 0.3) is 17.0 Å². The van der Waals surface area contributed by atoms with Gasteiger partial charge in [0.25, 0.3) is 0 Å². The van der Waals surface area contributed by atoms with Gasteiger partial charge in [-0.05, 0) is 6.07 Å². The highest BCUT2D eigenvalue weighted by atomic mass is 16.1. The van der Waals surface area contributed by atoms with Crippen LogP contribution in [0.3, 0.4) is 0 Å². The Kier molecular flexibility index (Phi) is 2.76. The summed E-state index contributed by atoms with van der Waals surface area (Å²) >= 11 is 0. The highest BCUT2D eigenvalue weighted by molar-refractivity contribution is 6.13. The molecule has 0 fully saturated rings. The number of fused-ring (bicyclic) bond motifs is 1. The lowest BCUT2D eigenvalue weighted by atomic mass is 10.0. The molecule has 3 rings (SSSR count). The fourth-order valence-corrected chi connectivity index (χ4v) is 2.29. The van der Waals surface area contributed by atoms with Gasteiger partial charge in [0.2, 0.25) is 5.78 Å². The molecule has 0 radical (unpaired) electrons. The van der Waals surface area contributed by atoms with Gasteiger partial charge in [0, 0.05) is 22.0 Å². The molecule has 2 aromatic carbocycles. The number of aromatic nitrogens is 1. The van der Waals surface area contributed by atoms with E-state index in [0.717, 1.165) is 16.5 Å². The van der Waals surface area contributed by atoms with E-state index in [1.165, 1.54) is 0 Å². The second-order valence-corrected chi connectivity index (χ2v) is 4.36. The zero-order chi connectivity index (χ0) is 13.2. The third-order valence-corrected chi connectivity index (χ3v) is 3.21. The van der Waals surface area contributed by atoms with Crippen molar-refractivity contribution in [3.8, 4) is 0 Å². The Labute approximate surface area is 111 Å². The van der Waals surface area contributed by atoms with Gasteiger partial charge in [0.05, 0.1) is 5.69 Å². The summed E-state index contributed by atoms with van der Waals surface area (Å²) in [6.45, 7) is 3.82. The molecule has 19 heavy (non-hydrogen) atoms. The van der Waals surface area contributed by atoms with E-state index in [9.17, 15) is 4.79 Å². The maximum atomic E-state index is 12.5. The number of carbonyl (C=O) groups is 1. The SMILES string of the molecule is C=Cc1c(C(=O)c2ccccc2)[nH]c2ccccc12. The minimum atomic E-state index is -0.00769. The predicted octanol–water partition coefficient (Wildman–Crippen LogP) is 4.04. The van der Waals surface area contributed by atoms with E-state index in [1.54, 1.807) is 6.08 Å². The van der Waals surface area contributed by atoms with Crippen LogP contribution in [0.1, 0.15) is 21.6 Å². The molecule has 0 amide bonds. The van der Waals surface area contributed by atoms with Gasteiger partial charge in [-0.3, -0.25) is 4.79 Å². The molecule has 2 nitrogen and oxygen atoms in total. The molecule has 0 saturated carbocycles. The smallest absolute Gasteiger partial charge is 0.209 e. The summed E-state index contributed by atoms with van der Waals surface area (Å²) in [5.74, 6) is -0.00769. The molecule has 0 bridgehead atoms. The Morgan fingerprint density at radius 3 is 2.42 bits per heavy atom. The second-order valence-electron chi connectivity index (χ2n) is 4.36. The Morgan fingerprint density at radius 2 is 1.68 bits per heavy atom. The summed E-state index contributed by atoms with van der Waals surface area (Å²) in [6, 6.07) is 17.1. The number of benzene rings is 2. The first-order valence-electron chi connectivity index (χ1n) is 6.14. The van der Waals surface area contributed by atoms with Crippen molar-refractivity contribution < 1.29 is 4.79 Å². The topological polar surface area (TPSA) is 32.9 Å². The van der Waals surface area contributed by atoms with Crippen molar-refractivity contribution >= 4 is 22.8 Å². The van der Waals surface area contributed by atoms with Gasteiger partial charge in [-0.1, -0.05) is 61.2 Å². The van der Waals surface area contributed by atoms with Crippen molar-refractivity contribution in [2.24, 2.45) is 0 Å². The number of rotatable bonds is 3. The molecule has 0 atom stereocenters. The molecule has 2 heteroatoms. The maximum absolute atomic E-state index is 12.5. The van der Waals surface area contributed by atoms with Gasteiger partial charge < -0.3 is 4.98 Å². The number of H-pyrrole nitrogens is 1. The van der Waals surface area contributed by atoms with Gasteiger partial charge in [0.15, 0.2) is 0 Å². The number of aromatic amines is 1. The van der Waals surface area contributed by atoms with Crippen molar-refractivity contribution in [1.29, 1.82) is 0 Å². The molecule has 92 valence electrons. The van der Waals surface area contributed by atoms with Gasteiger partial charge >= 0.3 is 0 Å². The first-order chi connectivity index (χ1) is 9.31. The Balaban J connectivity index is 2.20. The molecule has 3 aromatic rings. The highest BCUT2D eigenvalue weighted by Crippen LogP contribution is 2.25. The number of carbonyl (C=O) groups excluding carboxylic acids is 1. The zero-order valence-corrected chi connectivity index (χ0v) is 10.4. The third kappa shape index (κ3) is 1.87. The summed E-state index contributed by atoms with van der Waals surface area (Å²) in [5.41, 5.74) is 3.10. The summed E-state index contributed by atoms with van der Waals surface area (Å²) in [5, 5.41) is 1.02. The molecular weight excluding hydrogens is 234 g/mol. The molecule has 0 aliphatic carbocycles. The number of hydrogen-bond donors (Lipinski definition) is 1. The van der Waals surface area contributed by atoms with Gasteiger partial charge in [0.1, 0.15) is 0 Å². The second kappa shape index (κ2) is 4.58. The molecule has 0 aliphatic heterocycles. The minimum Gasteiger partial charge on any atom is -0.351 e. The predicted molar refractivity (Wildman–Crippen MR) is 78.3 cm³/mol. The average molecular weight is 247 g/mol. The fourth-order valence-electron chi connectivity index (χ4n) is 2.29. The average Bonchev–Trinajstić information content (AvgIpc) is 2.85. The molecular formula is C17H13NO. The first kappa shape index (κ1) is 11.5. The van der Waals surface area contributed by atoms with Crippen LogP contribution in [-0.2, 0) is 0 Å². The number of hydrogen-bond acceptors (Lipinski definition) is 1. The monoisotopic (exact) mass is 247 g/mol. The molecule has 1 aromatic heterocycles. The van der Waals surface area contributed by atoms with Gasteiger partial charge in [-0.15, -0.1) is 0 Å². The zero-order valence-electron chi connectivity index (χ0n) is 10.4. The minimum absolute atomic E-state index is 0.00769. The van der Waals surface area contributed by atoms with E-state index in [4.69, 9.17) is 0 Å². The Morgan fingerprint density at radius 1 is 1.00 bits per heavy atom. The van der Waals surface area contributed by atoms with Crippen molar-refractivity contribution in [2.75, 3.05) is 0 Å². The van der Waals surface area contributed by atoms with Gasteiger partial charge in [-0.25, -0.2) is 0 Å².